The lowest BCUT2D eigenvalue weighted by molar-refractivity contribution is 1.30. The van der Waals surface area contributed by atoms with Gasteiger partial charge in [-0.15, -0.1) is 0 Å². The molecule has 1 aromatic heterocycles. The number of nitrogens with two attached hydrogens (primary N) is 1. The van der Waals surface area contributed by atoms with Crippen molar-refractivity contribution < 1.29 is 0 Å². The lowest BCUT2D eigenvalue weighted by Crippen LogP contribution is -2.05. The zero-order chi connectivity index (χ0) is 9.84. The summed E-state index contributed by atoms with van der Waals surface area (Å²) < 4.78 is 0. The Balaban J connectivity index is 3.30. The number of rotatable bonds is 2. The highest BCUT2D eigenvalue weighted by Gasteiger charge is 2.08. The molecular weight excluding hydrogens is 166 g/mol. The minimum absolute atomic E-state index is 0.149. The maximum atomic E-state index is 8.53. The van der Waals surface area contributed by atoms with Gasteiger partial charge in [0.1, 0.15) is 11.8 Å². The van der Waals surface area contributed by atoms with Crippen LogP contribution in [0.25, 0.3) is 0 Å². The van der Waals surface area contributed by atoms with Gasteiger partial charge in [0.2, 0.25) is 0 Å². The summed E-state index contributed by atoms with van der Waals surface area (Å²) in [6.45, 7) is 0. The number of nitrogens with zero attached hydrogens (tertiary/aromatic N) is 2. The van der Waals surface area contributed by atoms with E-state index < -0.39 is 0 Å². The molecular formula is C8H9N5. The molecule has 5 nitrogen and oxygen atoms in total. The van der Waals surface area contributed by atoms with Crippen molar-refractivity contribution in [2.45, 2.75) is 0 Å². The zero-order valence-corrected chi connectivity index (χ0v) is 7.13. The number of hydrogen-bond acceptors (Lipinski definition) is 5. The van der Waals surface area contributed by atoms with Crippen LogP contribution in [0, 0.1) is 16.7 Å². The number of hydrogen-bond donors (Lipinski definition) is 3. The largest absolute Gasteiger partial charge is 0.396 e. The SMILES string of the molecule is CNc1c(N)cncc1C(=N)C#N. The molecule has 0 saturated heterocycles. The van der Waals surface area contributed by atoms with Crippen LogP contribution in [-0.4, -0.2) is 17.7 Å². The van der Waals surface area contributed by atoms with Crippen molar-refractivity contribution in [2.75, 3.05) is 18.1 Å². The lowest BCUT2D eigenvalue weighted by atomic mass is 10.1. The Morgan fingerprint density at radius 2 is 2.38 bits per heavy atom. The third kappa shape index (κ3) is 1.56. The van der Waals surface area contributed by atoms with Gasteiger partial charge < -0.3 is 11.1 Å². The number of aromatic nitrogens is 1. The smallest absolute Gasteiger partial charge is 0.143 e. The van der Waals surface area contributed by atoms with E-state index in [4.69, 9.17) is 16.4 Å². The standard InChI is InChI=1S/C8H9N5/c1-12-8-5(6(10)2-9)3-13-4-7(8)11/h3-4,10H,11H2,1H3,(H,12,13). The molecule has 0 aliphatic heterocycles. The fraction of sp³-hybridized carbons (Fsp3) is 0.125. The molecule has 4 N–H and O–H groups in total. The highest BCUT2D eigenvalue weighted by Crippen LogP contribution is 2.21. The second-order valence-corrected chi connectivity index (χ2v) is 2.39. The van der Waals surface area contributed by atoms with Gasteiger partial charge in [-0.3, -0.25) is 10.4 Å². The summed E-state index contributed by atoms with van der Waals surface area (Å²) in [6, 6.07) is 1.73. The first-order valence-corrected chi connectivity index (χ1v) is 3.61. The molecule has 0 bridgehead atoms. The van der Waals surface area contributed by atoms with Crippen molar-refractivity contribution in [3.05, 3.63) is 18.0 Å². The number of anilines is 2. The summed E-state index contributed by atoms with van der Waals surface area (Å²) in [5, 5.41) is 18.7. The van der Waals surface area contributed by atoms with Gasteiger partial charge in [-0.2, -0.15) is 5.26 Å². The molecule has 0 saturated carbocycles. The van der Waals surface area contributed by atoms with Gasteiger partial charge in [-0.1, -0.05) is 0 Å². The van der Waals surface area contributed by atoms with Gasteiger partial charge >= 0.3 is 0 Å². The molecule has 1 rings (SSSR count). The van der Waals surface area contributed by atoms with Crippen LogP contribution in [0.3, 0.4) is 0 Å². The molecule has 0 atom stereocenters. The topological polar surface area (TPSA) is 98.6 Å². The van der Waals surface area contributed by atoms with E-state index in [1.807, 2.05) is 0 Å². The van der Waals surface area contributed by atoms with Crippen LogP contribution in [0.1, 0.15) is 5.56 Å². The average molecular weight is 175 g/mol. The number of nitrogens with one attached hydrogen (secondary N) is 2. The first kappa shape index (κ1) is 9.00. The summed E-state index contributed by atoms with van der Waals surface area (Å²) in [5.74, 6) is 0. The van der Waals surface area contributed by atoms with Crippen LogP contribution in [0.5, 0.6) is 0 Å². The predicted octanol–water partition coefficient (Wildman–Crippen LogP) is 0.597. The average Bonchev–Trinajstić information content (AvgIpc) is 2.16. The highest BCUT2D eigenvalue weighted by molar-refractivity contribution is 6.13. The Kier molecular flexibility index (Phi) is 2.45. The van der Waals surface area contributed by atoms with E-state index in [0.717, 1.165) is 0 Å². The summed E-state index contributed by atoms with van der Waals surface area (Å²) in [5.41, 5.74) is 6.87. The molecule has 0 unspecified atom stereocenters. The van der Waals surface area contributed by atoms with Crippen LogP contribution in [0.2, 0.25) is 0 Å². The van der Waals surface area contributed by atoms with Gasteiger partial charge in [0.05, 0.1) is 23.1 Å². The first-order valence-electron chi connectivity index (χ1n) is 3.61. The summed E-state index contributed by atoms with van der Waals surface area (Å²) in [4.78, 5) is 3.80. The maximum Gasteiger partial charge on any atom is 0.143 e. The second-order valence-electron chi connectivity index (χ2n) is 2.39. The van der Waals surface area contributed by atoms with Crippen LogP contribution >= 0.6 is 0 Å². The fourth-order valence-corrected chi connectivity index (χ4v) is 1.01. The fourth-order valence-electron chi connectivity index (χ4n) is 1.01. The van der Waals surface area contributed by atoms with Crippen molar-refractivity contribution in [1.82, 2.24) is 4.98 Å². The summed E-state index contributed by atoms with van der Waals surface area (Å²) in [6.07, 6.45) is 2.91. The van der Waals surface area contributed by atoms with E-state index in [-0.39, 0.29) is 5.71 Å². The molecule has 0 spiro atoms. The maximum absolute atomic E-state index is 8.53. The van der Waals surface area contributed by atoms with E-state index >= 15 is 0 Å². The van der Waals surface area contributed by atoms with Crippen LogP contribution < -0.4 is 11.1 Å². The quantitative estimate of drug-likeness (QED) is 0.573. The van der Waals surface area contributed by atoms with E-state index in [1.54, 1.807) is 13.1 Å². The first-order chi connectivity index (χ1) is 6.20. The van der Waals surface area contributed by atoms with Crippen molar-refractivity contribution in [1.29, 1.82) is 10.7 Å². The highest BCUT2D eigenvalue weighted by atomic mass is 14.9. The molecule has 1 heterocycles. The molecule has 1 aromatic rings. The van der Waals surface area contributed by atoms with Gasteiger partial charge in [0, 0.05) is 13.2 Å². The van der Waals surface area contributed by atoms with Crippen LogP contribution in [0.4, 0.5) is 11.4 Å². The monoisotopic (exact) mass is 175 g/mol. The molecule has 66 valence electrons. The molecule has 0 aromatic carbocycles. The number of pyridine rings is 1. The second kappa shape index (κ2) is 3.54. The Morgan fingerprint density at radius 3 is 2.92 bits per heavy atom. The minimum Gasteiger partial charge on any atom is -0.396 e. The predicted molar refractivity (Wildman–Crippen MR) is 50.6 cm³/mol. The van der Waals surface area contributed by atoms with Gasteiger partial charge in [-0.25, -0.2) is 0 Å². The minimum atomic E-state index is -0.149. The third-order valence-electron chi connectivity index (χ3n) is 1.61. The molecule has 0 radical (unpaired) electrons. The Bertz CT molecular complexity index is 377. The summed E-state index contributed by atoms with van der Waals surface area (Å²) in [7, 11) is 1.68. The molecule has 5 heteroatoms. The van der Waals surface area contributed by atoms with E-state index in [0.29, 0.717) is 16.9 Å². The number of nitriles is 1. The Labute approximate surface area is 75.7 Å². The lowest BCUT2D eigenvalue weighted by Gasteiger charge is -2.07. The van der Waals surface area contributed by atoms with Gasteiger partial charge in [0.25, 0.3) is 0 Å². The van der Waals surface area contributed by atoms with Crippen molar-refractivity contribution in [2.24, 2.45) is 0 Å². The van der Waals surface area contributed by atoms with E-state index in [1.165, 1.54) is 12.4 Å². The molecule has 0 fully saturated rings. The van der Waals surface area contributed by atoms with Crippen LogP contribution in [-0.2, 0) is 0 Å². The molecule has 0 aliphatic carbocycles. The summed E-state index contributed by atoms with van der Waals surface area (Å²) >= 11 is 0. The molecule has 13 heavy (non-hydrogen) atoms. The van der Waals surface area contributed by atoms with Crippen LogP contribution in [0.15, 0.2) is 12.4 Å². The zero-order valence-electron chi connectivity index (χ0n) is 7.13. The Morgan fingerprint density at radius 1 is 1.69 bits per heavy atom. The van der Waals surface area contributed by atoms with E-state index in [2.05, 4.69) is 10.3 Å². The molecule has 0 aliphatic rings. The van der Waals surface area contributed by atoms with Gasteiger partial charge in [0.15, 0.2) is 0 Å². The Hall–Kier alpha value is -2.09. The van der Waals surface area contributed by atoms with Gasteiger partial charge in [-0.05, 0) is 0 Å². The third-order valence-corrected chi connectivity index (χ3v) is 1.61. The number of nitrogen functional groups attached to an aromatic ring is 1. The van der Waals surface area contributed by atoms with Crippen molar-refractivity contribution in [3.8, 4) is 6.07 Å². The van der Waals surface area contributed by atoms with Crippen molar-refractivity contribution >= 4 is 17.1 Å². The van der Waals surface area contributed by atoms with Crippen molar-refractivity contribution in [3.63, 3.8) is 0 Å². The van der Waals surface area contributed by atoms with E-state index in [9.17, 15) is 0 Å². The normalized spacial score (nSPS) is 8.92. The molecule has 0 amide bonds.